The second-order valence-electron chi connectivity index (χ2n) is 3.97. The lowest BCUT2D eigenvalue weighted by atomic mass is 10.0. The van der Waals surface area contributed by atoms with E-state index in [4.69, 9.17) is 4.12 Å². The van der Waals surface area contributed by atoms with Crippen LogP contribution in [0.2, 0.25) is 6.55 Å². The molecule has 1 nitrogen and oxygen atoms in total. The van der Waals surface area contributed by atoms with Crippen LogP contribution in [0.25, 0.3) is 0 Å². The highest BCUT2D eigenvalue weighted by molar-refractivity contribution is 6.57. The third-order valence-corrected chi connectivity index (χ3v) is 8.08. The van der Waals surface area contributed by atoms with Gasteiger partial charge in [0.2, 0.25) is 0 Å². The fourth-order valence-corrected chi connectivity index (χ4v) is 4.42. The Morgan fingerprint density at radius 2 is 1.77 bits per heavy atom. The zero-order chi connectivity index (χ0) is 9.90. The summed E-state index contributed by atoms with van der Waals surface area (Å²) >= 11 is 0. The molecule has 0 aliphatic carbocycles. The lowest BCUT2D eigenvalue weighted by Crippen LogP contribution is -2.37. The van der Waals surface area contributed by atoms with Gasteiger partial charge in [0, 0.05) is 5.04 Å². The molecular weight excluding hydrogens is 192 g/mol. The number of hydrogen-bond acceptors (Lipinski definition) is 1. The molecule has 0 saturated carbocycles. The van der Waals surface area contributed by atoms with E-state index in [0.29, 0.717) is 0 Å². The Hall–Kier alpha value is -0.386. The van der Waals surface area contributed by atoms with E-state index in [9.17, 15) is 0 Å². The molecule has 1 aromatic carbocycles. The summed E-state index contributed by atoms with van der Waals surface area (Å²) in [4.78, 5) is 0. The number of benzene rings is 1. The van der Waals surface area contributed by atoms with Crippen LogP contribution in [-0.2, 0) is 9.15 Å². The van der Waals surface area contributed by atoms with Crippen LogP contribution in [0.3, 0.4) is 0 Å². The monoisotopic (exact) mass is 210 g/mol. The van der Waals surface area contributed by atoms with Gasteiger partial charge in [-0.25, -0.2) is 0 Å². The SMILES string of the molecule is C[SiH](O[SiH3])C(C)(C)c1ccccc1. The summed E-state index contributed by atoms with van der Waals surface area (Å²) in [5.41, 5.74) is 1.41. The first kappa shape index (κ1) is 10.7. The zero-order valence-corrected chi connectivity index (χ0v) is 12.0. The van der Waals surface area contributed by atoms with Crippen molar-refractivity contribution in [2.75, 3.05) is 0 Å². The smallest absolute Gasteiger partial charge is 0.169 e. The van der Waals surface area contributed by atoms with Crippen molar-refractivity contribution in [3.05, 3.63) is 35.9 Å². The van der Waals surface area contributed by atoms with Crippen LogP contribution in [0.5, 0.6) is 0 Å². The summed E-state index contributed by atoms with van der Waals surface area (Å²) in [6.07, 6.45) is 0. The molecule has 0 fully saturated rings. The Labute approximate surface area is 85.4 Å². The van der Waals surface area contributed by atoms with Crippen molar-refractivity contribution < 1.29 is 4.12 Å². The highest BCUT2D eigenvalue weighted by atomic mass is 28.3. The van der Waals surface area contributed by atoms with Gasteiger partial charge in [-0.2, -0.15) is 0 Å². The van der Waals surface area contributed by atoms with Crippen LogP contribution in [0.15, 0.2) is 30.3 Å². The normalized spacial score (nSPS) is 14.4. The van der Waals surface area contributed by atoms with Gasteiger partial charge in [0.1, 0.15) is 10.5 Å². The molecule has 3 heteroatoms. The fraction of sp³-hybridized carbons (Fsp3) is 0.400. The predicted octanol–water partition coefficient (Wildman–Crippen LogP) is 1.15. The minimum atomic E-state index is -1.06. The first-order valence-electron chi connectivity index (χ1n) is 4.67. The van der Waals surface area contributed by atoms with Crippen molar-refractivity contribution in [2.45, 2.75) is 25.4 Å². The molecule has 0 saturated heterocycles. The van der Waals surface area contributed by atoms with E-state index < -0.39 is 9.04 Å². The molecule has 13 heavy (non-hydrogen) atoms. The Morgan fingerprint density at radius 3 is 2.23 bits per heavy atom. The molecule has 0 aliphatic heterocycles. The lowest BCUT2D eigenvalue weighted by Gasteiger charge is -2.30. The van der Waals surface area contributed by atoms with E-state index in [1.54, 1.807) is 0 Å². The van der Waals surface area contributed by atoms with Crippen LogP contribution in [0.4, 0.5) is 0 Å². The maximum absolute atomic E-state index is 5.65. The van der Waals surface area contributed by atoms with Crippen molar-refractivity contribution in [1.82, 2.24) is 0 Å². The van der Waals surface area contributed by atoms with Crippen molar-refractivity contribution in [3.8, 4) is 0 Å². The van der Waals surface area contributed by atoms with Gasteiger partial charge in [0.25, 0.3) is 0 Å². The van der Waals surface area contributed by atoms with Crippen molar-refractivity contribution in [3.63, 3.8) is 0 Å². The second kappa shape index (κ2) is 4.22. The van der Waals surface area contributed by atoms with Crippen LogP contribution in [0.1, 0.15) is 19.4 Å². The van der Waals surface area contributed by atoms with Gasteiger partial charge in [-0.3, -0.25) is 0 Å². The molecule has 0 aromatic heterocycles. The van der Waals surface area contributed by atoms with Gasteiger partial charge in [-0.15, -0.1) is 0 Å². The minimum Gasteiger partial charge on any atom is -0.465 e. The maximum atomic E-state index is 5.65. The largest absolute Gasteiger partial charge is 0.465 e. The van der Waals surface area contributed by atoms with Crippen LogP contribution in [0, 0.1) is 0 Å². The van der Waals surface area contributed by atoms with Gasteiger partial charge >= 0.3 is 0 Å². The van der Waals surface area contributed by atoms with Gasteiger partial charge in [-0.05, 0) is 12.1 Å². The summed E-state index contributed by atoms with van der Waals surface area (Å²) < 4.78 is 5.65. The molecule has 0 spiro atoms. The molecule has 1 aromatic rings. The molecule has 0 aliphatic rings. The van der Waals surface area contributed by atoms with E-state index in [0.717, 1.165) is 10.5 Å². The lowest BCUT2D eigenvalue weighted by molar-refractivity contribution is 0.559. The first-order chi connectivity index (χ1) is 6.09. The minimum absolute atomic E-state index is 0.253. The average Bonchev–Trinajstić information content (AvgIpc) is 2.18. The standard InChI is InChI=1S/C10H18OSi2/c1-10(2,13(3)11-12)9-7-5-4-6-8-9/h4-8,13H,1-3,12H3. The first-order valence-corrected chi connectivity index (χ1v) is 7.69. The number of rotatable bonds is 3. The molecule has 0 heterocycles. The molecule has 0 radical (unpaired) electrons. The summed E-state index contributed by atoms with van der Waals surface area (Å²) in [6.45, 7) is 6.86. The van der Waals surface area contributed by atoms with Crippen LogP contribution >= 0.6 is 0 Å². The third-order valence-electron chi connectivity index (χ3n) is 2.89. The summed E-state index contributed by atoms with van der Waals surface area (Å²) in [5, 5.41) is 0.253. The quantitative estimate of drug-likeness (QED) is 0.680. The van der Waals surface area contributed by atoms with Crippen molar-refractivity contribution >= 4 is 19.5 Å². The highest BCUT2D eigenvalue weighted by Crippen LogP contribution is 2.25. The number of hydrogen-bond donors (Lipinski definition) is 0. The molecule has 0 N–H and O–H groups in total. The van der Waals surface area contributed by atoms with E-state index in [-0.39, 0.29) is 5.04 Å². The van der Waals surface area contributed by atoms with Gasteiger partial charge in [0.05, 0.1) is 0 Å². The summed E-state index contributed by atoms with van der Waals surface area (Å²) in [6, 6.07) is 10.7. The molecular formula is C10H18OSi2. The van der Waals surface area contributed by atoms with Crippen molar-refractivity contribution in [1.29, 1.82) is 0 Å². The van der Waals surface area contributed by atoms with E-state index in [2.05, 4.69) is 50.7 Å². The molecule has 1 atom stereocenters. The second-order valence-corrected chi connectivity index (χ2v) is 8.58. The topological polar surface area (TPSA) is 9.23 Å². The molecule has 0 amide bonds. The third kappa shape index (κ3) is 2.30. The molecule has 1 rings (SSSR count). The van der Waals surface area contributed by atoms with E-state index in [1.165, 1.54) is 5.56 Å². The maximum Gasteiger partial charge on any atom is 0.169 e. The Balaban J connectivity index is 2.93. The van der Waals surface area contributed by atoms with Crippen molar-refractivity contribution in [2.24, 2.45) is 0 Å². The molecule has 0 bridgehead atoms. The van der Waals surface area contributed by atoms with E-state index >= 15 is 0 Å². The van der Waals surface area contributed by atoms with Gasteiger partial charge < -0.3 is 4.12 Å². The van der Waals surface area contributed by atoms with E-state index in [1.807, 2.05) is 0 Å². The Kier molecular flexibility index (Phi) is 3.47. The van der Waals surface area contributed by atoms with Crippen LogP contribution < -0.4 is 0 Å². The van der Waals surface area contributed by atoms with Crippen LogP contribution in [-0.4, -0.2) is 19.5 Å². The Morgan fingerprint density at radius 1 is 1.23 bits per heavy atom. The Bertz CT molecular complexity index is 259. The van der Waals surface area contributed by atoms with Gasteiger partial charge in [-0.1, -0.05) is 44.2 Å². The predicted molar refractivity (Wildman–Crippen MR) is 63.5 cm³/mol. The molecule has 72 valence electrons. The summed E-state index contributed by atoms with van der Waals surface area (Å²) in [5.74, 6) is 0. The summed E-state index contributed by atoms with van der Waals surface area (Å²) in [7, 11) is -0.189. The fourth-order valence-electron chi connectivity index (χ4n) is 1.40. The van der Waals surface area contributed by atoms with Gasteiger partial charge in [0.15, 0.2) is 9.04 Å². The highest BCUT2D eigenvalue weighted by Gasteiger charge is 2.28. The zero-order valence-electron chi connectivity index (χ0n) is 8.87. The average molecular weight is 210 g/mol. The molecule has 1 unspecified atom stereocenters.